The molecule has 1 saturated heterocycles. The van der Waals surface area contributed by atoms with Crippen molar-refractivity contribution in [1.29, 1.82) is 0 Å². The summed E-state index contributed by atoms with van der Waals surface area (Å²) in [6.07, 6.45) is 8.85. The predicted octanol–water partition coefficient (Wildman–Crippen LogP) is 2.82. The fourth-order valence-corrected chi connectivity index (χ4v) is 2.73. The van der Waals surface area contributed by atoms with E-state index in [1.807, 2.05) is 6.08 Å². The normalized spacial score (nSPS) is 18.3. The van der Waals surface area contributed by atoms with Crippen LogP contribution < -0.4 is 0 Å². The quantitative estimate of drug-likeness (QED) is 0.376. The lowest BCUT2D eigenvalue weighted by Gasteiger charge is -2.41. The monoisotopic (exact) mass is 267 g/mol. The average Bonchev–Trinajstić information content (AvgIpc) is 2.39. The third kappa shape index (κ3) is 5.77. The third-order valence-electron chi connectivity index (χ3n) is 4.24. The van der Waals surface area contributed by atoms with Crippen LogP contribution >= 0.6 is 0 Å². The van der Waals surface area contributed by atoms with E-state index in [1.165, 1.54) is 25.7 Å². The van der Waals surface area contributed by atoms with Crippen molar-refractivity contribution < 1.29 is 9.28 Å². The third-order valence-corrected chi connectivity index (χ3v) is 4.24. The number of likely N-dealkylation sites (N-methyl/N-ethyl adjacent to an activating group) is 1. The molecule has 0 spiro atoms. The highest BCUT2D eigenvalue weighted by Crippen LogP contribution is 2.13. The van der Waals surface area contributed by atoms with Gasteiger partial charge < -0.3 is 9.38 Å². The topological polar surface area (TPSA) is 20.3 Å². The van der Waals surface area contributed by atoms with E-state index in [0.717, 1.165) is 50.0 Å². The first-order chi connectivity index (χ1) is 9.11. The van der Waals surface area contributed by atoms with Crippen molar-refractivity contribution in [2.24, 2.45) is 0 Å². The summed E-state index contributed by atoms with van der Waals surface area (Å²) in [5.74, 6) is 0.362. The second kappa shape index (κ2) is 8.36. The molecule has 1 rings (SSSR count). The molecule has 1 heterocycles. The van der Waals surface area contributed by atoms with Gasteiger partial charge in [-0.25, -0.2) is 0 Å². The zero-order chi connectivity index (χ0) is 14.1. The Labute approximate surface area is 118 Å². The second-order valence-corrected chi connectivity index (χ2v) is 6.08. The Morgan fingerprint density at radius 1 is 1.21 bits per heavy atom. The smallest absolute Gasteiger partial charge is 0.222 e. The number of carbonyl (C=O) groups excluding carboxylic acids is 1. The van der Waals surface area contributed by atoms with Gasteiger partial charge in [0.1, 0.15) is 0 Å². The molecule has 19 heavy (non-hydrogen) atoms. The molecule has 1 aliphatic rings. The molecule has 3 nitrogen and oxygen atoms in total. The number of hydrogen-bond donors (Lipinski definition) is 0. The van der Waals surface area contributed by atoms with Crippen molar-refractivity contribution in [3.63, 3.8) is 0 Å². The van der Waals surface area contributed by atoms with E-state index in [1.54, 1.807) is 0 Å². The molecular weight excluding hydrogens is 236 g/mol. The van der Waals surface area contributed by atoms with Gasteiger partial charge in [0, 0.05) is 6.42 Å². The number of quaternary nitrogens is 1. The van der Waals surface area contributed by atoms with Gasteiger partial charge in [0.15, 0.2) is 0 Å². The lowest BCUT2D eigenvalue weighted by atomic mass is 10.1. The number of nitrogens with zero attached hydrogens (tertiary/aromatic N) is 2. The number of hydrogen-bond acceptors (Lipinski definition) is 1. The molecule has 0 aromatic carbocycles. The van der Waals surface area contributed by atoms with Crippen LogP contribution in [0.2, 0.25) is 0 Å². The number of amides is 1. The highest BCUT2D eigenvalue weighted by molar-refractivity contribution is 5.76. The Kier molecular flexibility index (Phi) is 7.14. The first-order valence-electron chi connectivity index (χ1n) is 7.83. The van der Waals surface area contributed by atoms with E-state index in [2.05, 4.69) is 25.5 Å². The fourth-order valence-electron chi connectivity index (χ4n) is 2.73. The number of unbranched alkanes of at least 4 members (excludes halogenated alkanes) is 4. The van der Waals surface area contributed by atoms with Gasteiger partial charge in [0.2, 0.25) is 5.91 Å². The minimum atomic E-state index is 0.362. The standard InChI is InChI=1S/C16H31N2O/c1-4-6-7-8-9-10-16(19)17-11-14-18(3,13-5-2)15-12-17/h5H,2,4,6-15H2,1,3H3/q+1. The lowest BCUT2D eigenvalue weighted by molar-refractivity contribution is -0.907. The minimum Gasteiger partial charge on any atom is -0.331 e. The largest absolute Gasteiger partial charge is 0.331 e. The highest BCUT2D eigenvalue weighted by atomic mass is 16.2. The summed E-state index contributed by atoms with van der Waals surface area (Å²) in [7, 11) is 2.26. The molecule has 3 heteroatoms. The molecule has 0 radical (unpaired) electrons. The lowest BCUT2D eigenvalue weighted by Crippen LogP contribution is -2.58. The Bertz CT molecular complexity index is 280. The molecule has 1 amide bonds. The van der Waals surface area contributed by atoms with E-state index in [9.17, 15) is 4.79 Å². The van der Waals surface area contributed by atoms with Crippen LogP contribution in [0.5, 0.6) is 0 Å². The fraction of sp³-hybridized carbons (Fsp3) is 0.812. The Balaban J connectivity index is 2.19. The van der Waals surface area contributed by atoms with Crippen LogP contribution in [0.15, 0.2) is 12.7 Å². The summed E-state index contributed by atoms with van der Waals surface area (Å²) < 4.78 is 1.03. The molecule has 0 aliphatic carbocycles. The highest BCUT2D eigenvalue weighted by Gasteiger charge is 2.29. The van der Waals surface area contributed by atoms with Crippen molar-refractivity contribution in [2.75, 3.05) is 39.8 Å². The molecule has 0 N–H and O–H groups in total. The second-order valence-electron chi connectivity index (χ2n) is 6.08. The van der Waals surface area contributed by atoms with Gasteiger partial charge in [-0.1, -0.05) is 39.2 Å². The summed E-state index contributed by atoms with van der Waals surface area (Å²) in [6.45, 7) is 11.0. The van der Waals surface area contributed by atoms with Crippen LogP contribution in [0.4, 0.5) is 0 Å². The molecule has 1 fully saturated rings. The van der Waals surface area contributed by atoms with Gasteiger partial charge in [-0.15, -0.1) is 0 Å². The van der Waals surface area contributed by atoms with Crippen LogP contribution in [0.3, 0.4) is 0 Å². The SMILES string of the molecule is C=CC[N+]1(C)CCN(C(=O)CCCCCCC)CC1. The van der Waals surface area contributed by atoms with E-state index >= 15 is 0 Å². The van der Waals surface area contributed by atoms with Crippen LogP contribution in [0, 0.1) is 0 Å². The van der Waals surface area contributed by atoms with E-state index in [-0.39, 0.29) is 0 Å². The van der Waals surface area contributed by atoms with Crippen molar-refractivity contribution in [2.45, 2.75) is 45.4 Å². The molecular formula is C16H31N2O+. The number of rotatable bonds is 8. The van der Waals surface area contributed by atoms with Crippen LogP contribution in [-0.2, 0) is 4.79 Å². The maximum absolute atomic E-state index is 12.1. The molecule has 0 atom stereocenters. The Morgan fingerprint density at radius 3 is 2.42 bits per heavy atom. The van der Waals surface area contributed by atoms with Gasteiger partial charge in [-0.05, 0) is 12.5 Å². The van der Waals surface area contributed by atoms with Gasteiger partial charge in [0.05, 0.1) is 39.8 Å². The first-order valence-corrected chi connectivity index (χ1v) is 7.83. The molecule has 0 saturated carbocycles. The van der Waals surface area contributed by atoms with Crippen molar-refractivity contribution >= 4 is 5.91 Å². The maximum Gasteiger partial charge on any atom is 0.222 e. The summed E-state index contributed by atoms with van der Waals surface area (Å²) in [5, 5.41) is 0. The van der Waals surface area contributed by atoms with Crippen LogP contribution in [0.25, 0.3) is 0 Å². The summed E-state index contributed by atoms with van der Waals surface area (Å²) >= 11 is 0. The molecule has 0 aromatic rings. The molecule has 1 aliphatic heterocycles. The molecule has 0 unspecified atom stereocenters. The average molecular weight is 267 g/mol. The van der Waals surface area contributed by atoms with Crippen molar-refractivity contribution in [1.82, 2.24) is 4.90 Å². The summed E-state index contributed by atoms with van der Waals surface area (Å²) in [6, 6.07) is 0. The van der Waals surface area contributed by atoms with Gasteiger partial charge in [-0.3, -0.25) is 4.79 Å². The van der Waals surface area contributed by atoms with Gasteiger partial charge in [-0.2, -0.15) is 0 Å². The van der Waals surface area contributed by atoms with Crippen LogP contribution in [0.1, 0.15) is 45.4 Å². The zero-order valence-corrected chi connectivity index (χ0v) is 12.9. The van der Waals surface area contributed by atoms with E-state index in [4.69, 9.17) is 0 Å². The minimum absolute atomic E-state index is 0.362. The Morgan fingerprint density at radius 2 is 1.84 bits per heavy atom. The summed E-state index contributed by atoms with van der Waals surface area (Å²) in [5.41, 5.74) is 0. The van der Waals surface area contributed by atoms with E-state index < -0.39 is 0 Å². The molecule has 0 bridgehead atoms. The van der Waals surface area contributed by atoms with Gasteiger partial charge in [0.25, 0.3) is 0 Å². The maximum atomic E-state index is 12.1. The number of carbonyl (C=O) groups is 1. The van der Waals surface area contributed by atoms with Crippen molar-refractivity contribution in [3.8, 4) is 0 Å². The van der Waals surface area contributed by atoms with Crippen LogP contribution in [-0.4, -0.2) is 55.1 Å². The molecule has 110 valence electrons. The first kappa shape index (κ1) is 16.2. The van der Waals surface area contributed by atoms with E-state index in [0.29, 0.717) is 5.91 Å². The predicted molar refractivity (Wildman–Crippen MR) is 80.9 cm³/mol. The molecule has 0 aromatic heterocycles. The zero-order valence-electron chi connectivity index (χ0n) is 12.9. The summed E-state index contributed by atoms with van der Waals surface area (Å²) in [4.78, 5) is 14.2. The van der Waals surface area contributed by atoms with Crippen molar-refractivity contribution in [3.05, 3.63) is 12.7 Å². The number of piperazine rings is 1. The Hall–Kier alpha value is -0.830. The van der Waals surface area contributed by atoms with Gasteiger partial charge >= 0.3 is 0 Å².